The average molecular weight is 309 g/mol. The maximum atomic E-state index is 8.97. The molecule has 0 fully saturated rings. The third kappa shape index (κ3) is 2.89. The van der Waals surface area contributed by atoms with Crippen LogP contribution in [0.2, 0.25) is 0 Å². The minimum atomic E-state index is 0.621. The van der Waals surface area contributed by atoms with Gasteiger partial charge in [0, 0.05) is 16.8 Å². The molecule has 0 saturated carbocycles. The predicted octanol–water partition coefficient (Wildman–Crippen LogP) is 5.45. The van der Waals surface area contributed by atoms with E-state index in [2.05, 4.69) is 17.0 Å². The van der Waals surface area contributed by atoms with Crippen LogP contribution in [0.1, 0.15) is 16.8 Å². The van der Waals surface area contributed by atoms with Crippen molar-refractivity contribution in [3.05, 3.63) is 82.8 Å². The normalized spacial score (nSPS) is 10.0. The van der Waals surface area contributed by atoms with E-state index in [1.807, 2.05) is 50.2 Å². The molecular formula is C21H15N3. The Morgan fingerprint density at radius 1 is 0.958 bits per heavy atom. The van der Waals surface area contributed by atoms with E-state index in [4.69, 9.17) is 16.8 Å². The number of pyridine rings is 1. The van der Waals surface area contributed by atoms with Gasteiger partial charge in [0.05, 0.1) is 23.9 Å². The van der Waals surface area contributed by atoms with E-state index in [1.54, 1.807) is 12.1 Å². The molecule has 0 aliphatic heterocycles. The first-order valence-electron chi connectivity index (χ1n) is 7.59. The van der Waals surface area contributed by atoms with Crippen LogP contribution in [0.5, 0.6) is 0 Å². The van der Waals surface area contributed by atoms with Crippen molar-refractivity contribution in [2.24, 2.45) is 0 Å². The maximum absolute atomic E-state index is 8.97. The molecule has 3 aromatic rings. The van der Waals surface area contributed by atoms with Gasteiger partial charge < -0.3 is 0 Å². The van der Waals surface area contributed by atoms with Gasteiger partial charge in [-0.15, -0.1) is 0 Å². The summed E-state index contributed by atoms with van der Waals surface area (Å²) in [5.41, 5.74) is 7.27. The van der Waals surface area contributed by atoms with E-state index in [1.165, 1.54) is 0 Å². The molecule has 0 atom stereocenters. The van der Waals surface area contributed by atoms with Crippen LogP contribution in [0, 0.1) is 31.8 Å². The lowest BCUT2D eigenvalue weighted by molar-refractivity contribution is 1.16. The predicted molar refractivity (Wildman–Crippen MR) is 95.6 cm³/mol. The van der Waals surface area contributed by atoms with Gasteiger partial charge in [-0.1, -0.05) is 36.4 Å². The fourth-order valence-electron chi connectivity index (χ4n) is 2.56. The Bertz CT molecular complexity index is 887. The molecule has 0 spiro atoms. The highest BCUT2D eigenvalue weighted by molar-refractivity contribution is 5.82. The third-order valence-electron chi connectivity index (χ3n) is 4.06. The molecule has 0 N–H and O–H groups in total. The summed E-state index contributed by atoms with van der Waals surface area (Å²) in [6.07, 6.45) is 0. The topological polar surface area (TPSA) is 41.0 Å². The Kier molecular flexibility index (Phi) is 4.10. The van der Waals surface area contributed by atoms with Crippen LogP contribution in [-0.4, -0.2) is 4.98 Å². The van der Waals surface area contributed by atoms with Crippen LogP contribution < -0.4 is 0 Å². The van der Waals surface area contributed by atoms with E-state index >= 15 is 0 Å². The zero-order valence-corrected chi connectivity index (χ0v) is 13.5. The highest BCUT2D eigenvalue weighted by atomic mass is 14.7. The van der Waals surface area contributed by atoms with E-state index in [-0.39, 0.29) is 0 Å². The molecule has 0 aliphatic rings. The second-order valence-electron chi connectivity index (χ2n) is 5.63. The summed E-state index contributed by atoms with van der Waals surface area (Å²) in [6, 6.07) is 19.3. The number of nitriles is 1. The fourth-order valence-corrected chi connectivity index (χ4v) is 2.56. The number of rotatable bonds is 2. The summed E-state index contributed by atoms with van der Waals surface area (Å²) in [6.45, 7) is 11.1. The summed E-state index contributed by atoms with van der Waals surface area (Å²) in [5, 5.41) is 8.97. The van der Waals surface area contributed by atoms with Crippen molar-refractivity contribution in [2.75, 3.05) is 0 Å². The molecular weight excluding hydrogens is 294 g/mol. The molecule has 0 saturated heterocycles. The first-order valence-corrected chi connectivity index (χ1v) is 7.59. The maximum Gasteiger partial charge on any atom is 0.187 e. The van der Waals surface area contributed by atoms with Crippen molar-refractivity contribution in [3.8, 4) is 28.5 Å². The molecule has 0 radical (unpaired) electrons. The number of aryl methyl sites for hydroxylation is 2. The Labute approximate surface area is 141 Å². The van der Waals surface area contributed by atoms with Crippen molar-refractivity contribution < 1.29 is 0 Å². The van der Waals surface area contributed by atoms with E-state index in [9.17, 15) is 0 Å². The second kappa shape index (κ2) is 6.36. The van der Waals surface area contributed by atoms with Crippen LogP contribution in [-0.2, 0) is 0 Å². The van der Waals surface area contributed by atoms with Crippen LogP contribution in [0.4, 0.5) is 5.69 Å². The Balaban J connectivity index is 2.19. The third-order valence-corrected chi connectivity index (χ3v) is 4.06. The summed E-state index contributed by atoms with van der Waals surface area (Å²) in [5.74, 6) is 0. The first kappa shape index (κ1) is 15.5. The van der Waals surface area contributed by atoms with Crippen LogP contribution in [0.15, 0.2) is 54.6 Å². The number of nitrogens with zero attached hydrogens (tertiary/aromatic N) is 3. The standard InChI is InChI=1S/C21H15N3/c1-14-12-20(17-8-10-19(23-3)11-9-17)21(24-15(14)2)18-6-4-16(13-22)5-7-18/h4-12H,1-2H3. The van der Waals surface area contributed by atoms with Crippen LogP contribution >= 0.6 is 0 Å². The zero-order valence-electron chi connectivity index (χ0n) is 13.5. The number of aromatic nitrogens is 1. The van der Waals surface area contributed by atoms with E-state index in [0.29, 0.717) is 11.3 Å². The molecule has 24 heavy (non-hydrogen) atoms. The molecule has 0 aliphatic carbocycles. The van der Waals surface area contributed by atoms with Crippen molar-refractivity contribution in [1.82, 2.24) is 4.98 Å². The summed E-state index contributed by atoms with van der Waals surface area (Å²) >= 11 is 0. The molecule has 3 heteroatoms. The van der Waals surface area contributed by atoms with Gasteiger partial charge >= 0.3 is 0 Å². The van der Waals surface area contributed by atoms with Crippen molar-refractivity contribution in [2.45, 2.75) is 13.8 Å². The van der Waals surface area contributed by atoms with Gasteiger partial charge in [0.1, 0.15) is 0 Å². The molecule has 0 amide bonds. The van der Waals surface area contributed by atoms with Gasteiger partial charge in [-0.2, -0.15) is 5.26 Å². The SMILES string of the molecule is [C-]#[N+]c1ccc(-c2cc(C)c(C)nc2-c2ccc(C#N)cc2)cc1. The van der Waals surface area contributed by atoms with E-state index in [0.717, 1.165) is 33.6 Å². The van der Waals surface area contributed by atoms with Gasteiger partial charge in [0.15, 0.2) is 5.69 Å². The first-order chi connectivity index (χ1) is 11.6. The lowest BCUT2D eigenvalue weighted by atomic mass is 9.96. The molecule has 0 unspecified atom stereocenters. The summed E-state index contributed by atoms with van der Waals surface area (Å²) in [4.78, 5) is 8.21. The number of hydrogen-bond acceptors (Lipinski definition) is 2. The molecule has 114 valence electrons. The molecule has 1 heterocycles. The van der Waals surface area contributed by atoms with Gasteiger partial charge in [-0.25, -0.2) is 4.85 Å². The fraction of sp³-hybridized carbons (Fsp3) is 0.0952. The monoisotopic (exact) mass is 309 g/mol. The van der Waals surface area contributed by atoms with Crippen molar-refractivity contribution in [1.29, 1.82) is 5.26 Å². The quantitative estimate of drug-likeness (QED) is 0.590. The largest absolute Gasteiger partial charge is 0.252 e. The lowest BCUT2D eigenvalue weighted by Crippen LogP contribution is -1.95. The summed E-state index contributed by atoms with van der Waals surface area (Å²) in [7, 11) is 0. The lowest BCUT2D eigenvalue weighted by Gasteiger charge is -2.13. The Morgan fingerprint density at radius 2 is 1.58 bits per heavy atom. The van der Waals surface area contributed by atoms with Gasteiger partial charge in [-0.3, -0.25) is 4.98 Å². The zero-order chi connectivity index (χ0) is 17.1. The second-order valence-corrected chi connectivity index (χ2v) is 5.63. The van der Waals surface area contributed by atoms with Crippen LogP contribution in [0.3, 0.4) is 0 Å². The van der Waals surface area contributed by atoms with Gasteiger partial charge in [0.25, 0.3) is 0 Å². The molecule has 0 bridgehead atoms. The van der Waals surface area contributed by atoms with Crippen LogP contribution in [0.25, 0.3) is 27.2 Å². The van der Waals surface area contributed by atoms with Crippen molar-refractivity contribution in [3.63, 3.8) is 0 Å². The molecule has 3 nitrogen and oxygen atoms in total. The molecule has 3 rings (SSSR count). The Hall–Kier alpha value is -3.43. The minimum absolute atomic E-state index is 0.621. The molecule has 1 aromatic heterocycles. The highest BCUT2D eigenvalue weighted by Crippen LogP contribution is 2.33. The highest BCUT2D eigenvalue weighted by Gasteiger charge is 2.12. The Morgan fingerprint density at radius 3 is 2.17 bits per heavy atom. The van der Waals surface area contributed by atoms with Gasteiger partial charge in [-0.05, 0) is 43.2 Å². The van der Waals surface area contributed by atoms with Crippen molar-refractivity contribution >= 4 is 5.69 Å². The van der Waals surface area contributed by atoms with Gasteiger partial charge in [0.2, 0.25) is 0 Å². The number of benzene rings is 2. The van der Waals surface area contributed by atoms with E-state index < -0.39 is 0 Å². The number of hydrogen-bond donors (Lipinski definition) is 0. The summed E-state index contributed by atoms with van der Waals surface area (Å²) < 4.78 is 0. The minimum Gasteiger partial charge on any atom is -0.252 e. The smallest absolute Gasteiger partial charge is 0.187 e. The average Bonchev–Trinajstić information content (AvgIpc) is 2.64. The molecule has 2 aromatic carbocycles.